The summed E-state index contributed by atoms with van der Waals surface area (Å²) in [6.07, 6.45) is -2.76. The molecule has 6 heteroatoms. The first-order valence-corrected chi connectivity index (χ1v) is 3.94. The molecule has 0 radical (unpaired) electrons. The number of rotatable bonds is 2. The van der Waals surface area contributed by atoms with Crippen LogP contribution in [0.2, 0.25) is 0 Å². The number of piperidine rings is 1. The highest BCUT2D eigenvalue weighted by Crippen LogP contribution is 2.35. The number of hydrogen-bond donors (Lipinski definition) is 2. The SMILES string of the molecule is O=C(O)C1(C(F)F)CCCN(O)C1. The van der Waals surface area contributed by atoms with E-state index in [1.54, 1.807) is 0 Å². The molecule has 1 unspecified atom stereocenters. The van der Waals surface area contributed by atoms with Crippen molar-refractivity contribution in [3.8, 4) is 0 Å². The number of carbonyl (C=O) groups is 1. The molecule has 1 aliphatic heterocycles. The fourth-order valence-corrected chi connectivity index (χ4v) is 1.51. The van der Waals surface area contributed by atoms with Crippen molar-refractivity contribution in [3.05, 3.63) is 0 Å². The number of alkyl halides is 2. The highest BCUT2D eigenvalue weighted by Gasteiger charge is 2.50. The lowest BCUT2D eigenvalue weighted by Crippen LogP contribution is -2.50. The molecular formula is C7H11F2NO3. The Balaban J connectivity index is 2.83. The molecule has 4 nitrogen and oxygen atoms in total. The van der Waals surface area contributed by atoms with E-state index in [0.717, 1.165) is 0 Å². The van der Waals surface area contributed by atoms with E-state index in [9.17, 15) is 13.6 Å². The van der Waals surface area contributed by atoms with Crippen molar-refractivity contribution in [2.75, 3.05) is 13.1 Å². The Kier molecular flexibility index (Phi) is 2.82. The molecule has 0 saturated carbocycles. The maximum Gasteiger partial charge on any atom is 0.316 e. The van der Waals surface area contributed by atoms with Gasteiger partial charge in [-0.3, -0.25) is 4.79 Å². The van der Waals surface area contributed by atoms with Crippen LogP contribution in [0.4, 0.5) is 8.78 Å². The summed E-state index contributed by atoms with van der Waals surface area (Å²) in [5, 5.41) is 18.3. The molecule has 13 heavy (non-hydrogen) atoms. The zero-order chi connectivity index (χ0) is 10.1. The molecule has 1 atom stereocenters. The number of nitrogens with zero attached hydrogens (tertiary/aromatic N) is 1. The van der Waals surface area contributed by atoms with Gasteiger partial charge in [-0.2, -0.15) is 5.06 Å². The van der Waals surface area contributed by atoms with E-state index in [1.807, 2.05) is 0 Å². The maximum absolute atomic E-state index is 12.5. The lowest BCUT2D eigenvalue weighted by atomic mass is 9.81. The molecule has 0 aromatic heterocycles. The molecule has 2 N–H and O–H groups in total. The van der Waals surface area contributed by atoms with Gasteiger partial charge in [-0.1, -0.05) is 0 Å². The van der Waals surface area contributed by atoms with E-state index in [-0.39, 0.29) is 19.4 Å². The van der Waals surface area contributed by atoms with Crippen molar-refractivity contribution in [2.45, 2.75) is 19.3 Å². The van der Waals surface area contributed by atoms with Gasteiger partial charge in [0.1, 0.15) is 5.41 Å². The lowest BCUT2D eigenvalue weighted by molar-refractivity contribution is -0.193. The second-order valence-electron chi connectivity index (χ2n) is 3.25. The zero-order valence-corrected chi connectivity index (χ0v) is 6.91. The Hall–Kier alpha value is -0.750. The standard InChI is InChI=1S/C7H11F2NO3/c8-5(9)7(6(11)12)2-1-3-10(13)4-7/h5,13H,1-4H2,(H,11,12). The molecule has 0 aromatic carbocycles. The summed E-state index contributed by atoms with van der Waals surface area (Å²) in [6.45, 7) is -0.248. The summed E-state index contributed by atoms with van der Waals surface area (Å²) in [5.74, 6) is -1.54. The van der Waals surface area contributed by atoms with Gasteiger partial charge in [-0.15, -0.1) is 0 Å². The summed E-state index contributed by atoms with van der Waals surface area (Å²) < 4.78 is 25.0. The van der Waals surface area contributed by atoms with Gasteiger partial charge in [0.25, 0.3) is 6.43 Å². The first-order valence-electron chi connectivity index (χ1n) is 3.94. The third-order valence-corrected chi connectivity index (χ3v) is 2.35. The van der Waals surface area contributed by atoms with E-state index in [4.69, 9.17) is 10.3 Å². The summed E-state index contributed by atoms with van der Waals surface area (Å²) in [6, 6.07) is 0. The minimum Gasteiger partial charge on any atom is -0.481 e. The molecule has 0 bridgehead atoms. The van der Waals surface area contributed by atoms with Gasteiger partial charge in [0.05, 0.1) is 0 Å². The normalized spacial score (nSPS) is 30.8. The monoisotopic (exact) mass is 195 g/mol. The lowest BCUT2D eigenvalue weighted by Gasteiger charge is -2.35. The Labute approximate surface area is 73.7 Å². The molecule has 0 aromatic rings. The number of aliphatic carboxylic acids is 1. The average molecular weight is 195 g/mol. The first kappa shape index (κ1) is 10.3. The van der Waals surface area contributed by atoms with Gasteiger partial charge in [0.15, 0.2) is 0 Å². The number of carboxylic acids is 1. The summed E-state index contributed by atoms with van der Waals surface area (Å²) >= 11 is 0. The zero-order valence-electron chi connectivity index (χ0n) is 6.91. The molecule has 1 fully saturated rings. The van der Waals surface area contributed by atoms with E-state index < -0.39 is 24.4 Å². The second kappa shape index (κ2) is 3.55. The van der Waals surface area contributed by atoms with Crippen molar-refractivity contribution in [2.24, 2.45) is 5.41 Å². The van der Waals surface area contributed by atoms with Gasteiger partial charge < -0.3 is 10.3 Å². The smallest absolute Gasteiger partial charge is 0.316 e. The van der Waals surface area contributed by atoms with Crippen LogP contribution in [-0.4, -0.2) is 40.9 Å². The Morgan fingerprint density at radius 3 is 2.46 bits per heavy atom. The molecular weight excluding hydrogens is 184 g/mol. The average Bonchev–Trinajstić information content (AvgIpc) is 2.03. The molecule has 0 aliphatic carbocycles. The Morgan fingerprint density at radius 1 is 1.54 bits per heavy atom. The third-order valence-electron chi connectivity index (χ3n) is 2.35. The largest absolute Gasteiger partial charge is 0.481 e. The summed E-state index contributed by atoms with van der Waals surface area (Å²) in [4.78, 5) is 10.6. The molecule has 1 heterocycles. The van der Waals surface area contributed by atoms with E-state index >= 15 is 0 Å². The molecule has 0 spiro atoms. The van der Waals surface area contributed by atoms with Crippen LogP contribution >= 0.6 is 0 Å². The molecule has 1 rings (SSSR count). The van der Waals surface area contributed by atoms with E-state index in [0.29, 0.717) is 5.06 Å². The van der Waals surface area contributed by atoms with Gasteiger partial charge in [0, 0.05) is 13.1 Å². The Bertz CT molecular complexity index is 212. The van der Waals surface area contributed by atoms with Crippen LogP contribution in [-0.2, 0) is 4.79 Å². The van der Waals surface area contributed by atoms with Gasteiger partial charge in [-0.05, 0) is 12.8 Å². The minimum absolute atomic E-state index is 0.0862. The predicted octanol–water partition coefficient (Wildman–Crippen LogP) is 0.807. The highest BCUT2D eigenvalue weighted by molar-refractivity contribution is 5.75. The van der Waals surface area contributed by atoms with Gasteiger partial charge in [-0.25, -0.2) is 8.78 Å². The van der Waals surface area contributed by atoms with Crippen LogP contribution in [0.1, 0.15) is 12.8 Å². The van der Waals surface area contributed by atoms with E-state index in [2.05, 4.69) is 0 Å². The number of hydrogen-bond acceptors (Lipinski definition) is 3. The highest BCUT2D eigenvalue weighted by atomic mass is 19.3. The second-order valence-corrected chi connectivity index (χ2v) is 3.25. The predicted molar refractivity (Wildman–Crippen MR) is 38.7 cm³/mol. The first-order chi connectivity index (χ1) is 5.99. The number of halogens is 2. The fourth-order valence-electron chi connectivity index (χ4n) is 1.51. The topological polar surface area (TPSA) is 60.8 Å². The van der Waals surface area contributed by atoms with Crippen molar-refractivity contribution in [1.82, 2.24) is 5.06 Å². The minimum atomic E-state index is -2.94. The van der Waals surface area contributed by atoms with Crippen molar-refractivity contribution in [3.63, 3.8) is 0 Å². The van der Waals surface area contributed by atoms with Gasteiger partial charge >= 0.3 is 5.97 Å². The quantitative estimate of drug-likeness (QED) is 0.684. The number of carboxylic acid groups (broad SMARTS) is 1. The van der Waals surface area contributed by atoms with Crippen molar-refractivity contribution in [1.29, 1.82) is 0 Å². The van der Waals surface area contributed by atoms with Crippen LogP contribution in [0.15, 0.2) is 0 Å². The fraction of sp³-hybridized carbons (Fsp3) is 0.857. The summed E-state index contributed by atoms with van der Waals surface area (Å²) in [7, 11) is 0. The number of hydroxylamine groups is 2. The molecule has 0 amide bonds. The molecule has 1 aliphatic rings. The van der Waals surface area contributed by atoms with Crippen molar-refractivity contribution >= 4 is 5.97 Å². The van der Waals surface area contributed by atoms with Crippen LogP contribution < -0.4 is 0 Å². The van der Waals surface area contributed by atoms with Crippen LogP contribution in [0.3, 0.4) is 0 Å². The van der Waals surface area contributed by atoms with Crippen LogP contribution in [0.25, 0.3) is 0 Å². The Morgan fingerprint density at radius 2 is 2.15 bits per heavy atom. The third kappa shape index (κ3) is 1.78. The molecule has 1 saturated heterocycles. The van der Waals surface area contributed by atoms with Crippen LogP contribution in [0, 0.1) is 5.41 Å². The van der Waals surface area contributed by atoms with E-state index in [1.165, 1.54) is 0 Å². The maximum atomic E-state index is 12.5. The van der Waals surface area contributed by atoms with Crippen LogP contribution in [0.5, 0.6) is 0 Å². The summed E-state index contributed by atoms with van der Waals surface area (Å²) in [5.41, 5.74) is -2.09. The molecule has 76 valence electrons. The van der Waals surface area contributed by atoms with Crippen molar-refractivity contribution < 1.29 is 23.9 Å². The van der Waals surface area contributed by atoms with Gasteiger partial charge in [0.2, 0.25) is 0 Å².